The number of aromatic nitrogens is 1. The van der Waals surface area contributed by atoms with Crippen LogP contribution in [0.5, 0.6) is 23.0 Å². The van der Waals surface area contributed by atoms with Crippen LogP contribution in [0.3, 0.4) is 0 Å². The number of nitrogens with zero attached hydrogens (tertiary/aromatic N) is 3. The van der Waals surface area contributed by atoms with Gasteiger partial charge in [0.2, 0.25) is 10.9 Å². The van der Waals surface area contributed by atoms with Crippen LogP contribution in [0, 0.1) is 0 Å². The molecule has 35 heavy (non-hydrogen) atoms. The van der Waals surface area contributed by atoms with E-state index in [1.54, 1.807) is 49.7 Å². The van der Waals surface area contributed by atoms with Crippen molar-refractivity contribution in [2.24, 2.45) is 5.10 Å². The average molecular weight is 556 g/mol. The maximum absolute atomic E-state index is 13.5. The van der Waals surface area contributed by atoms with Crippen LogP contribution in [0.2, 0.25) is 0 Å². The minimum atomic E-state index is -0.338. The topological polar surface area (TPSA) is 82.5 Å². The molecule has 0 spiro atoms. The van der Waals surface area contributed by atoms with Gasteiger partial charge in [0, 0.05) is 15.6 Å². The Morgan fingerprint density at radius 2 is 1.63 bits per heavy atom. The zero-order valence-electron chi connectivity index (χ0n) is 19.4. The van der Waals surface area contributed by atoms with Crippen molar-refractivity contribution < 1.29 is 23.7 Å². The largest absolute Gasteiger partial charge is 0.497 e. The number of anilines is 1. The van der Waals surface area contributed by atoms with E-state index in [-0.39, 0.29) is 5.91 Å². The fraction of sp³-hybridized carbons (Fsp3) is 0.160. The Morgan fingerprint density at radius 3 is 2.23 bits per heavy atom. The molecule has 0 atom stereocenters. The number of fused-ring (bicyclic) bond motifs is 1. The van der Waals surface area contributed by atoms with Gasteiger partial charge < -0.3 is 18.9 Å². The lowest BCUT2D eigenvalue weighted by molar-refractivity contribution is 0.0988. The van der Waals surface area contributed by atoms with Crippen molar-refractivity contribution >= 4 is 54.7 Å². The molecular weight excluding hydrogens is 534 g/mol. The average Bonchev–Trinajstić information content (AvgIpc) is 3.30. The van der Waals surface area contributed by atoms with E-state index in [1.807, 2.05) is 18.2 Å². The summed E-state index contributed by atoms with van der Waals surface area (Å²) in [4.78, 5) is 18.2. The summed E-state index contributed by atoms with van der Waals surface area (Å²) in [5, 5.41) is 6.23. The molecule has 0 aliphatic carbocycles. The second kappa shape index (κ2) is 10.7. The van der Waals surface area contributed by atoms with Gasteiger partial charge >= 0.3 is 0 Å². The summed E-state index contributed by atoms with van der Waals surface area (Å²) < 4.78 is 23.3. The van der Waals surface area contributed by atoms with Crippen LogP contribution >= 0.6 is 27.3 Å². The normalized spacial score (nSPS) is 11.0. The fourth-order valence-electron chi connectivity index (χ4n) is 3.32. The number of benzene rings is 3. The number of methoxy groups -OCH3 is 4. The van der Waals surface area contributed by atoms with Gasteiger partial charge in [-0.25, -0.2) is 4.98 Å². The van der Waals surface area contributed by atoms with E-state index in [0.29, 0.717) is 39.3 Å². The molecule has 3 aromatic carbocycles. The van der Waals surface area contributed by atoms with Crippen molar-refractivity contribution in [3.63, 3.8) is 0 Å². The Morgan fingerprint density at radius 1 is 0.943 bits per heavy atom. The summed E-state index contributed by atoms with van der Waals surface area (Å²) >= 11 is 4.84. The lowest BCUT2D eigenvalue weighted by Crippen LogP contribution is -2.25. The third kappa shape index (κ3) is 5.23. The van der Waals surface area contributed by atoms with E-state index in [2.05, 4.69) is 26.0 Å². The summed E-state index contributed by atoms with van der Waals surface area (Å²) in [6, 6.07) is 16.1. The molecule has 0 aliphatic heterocycles. The molecule has 1 heterocycles. The van der Waals surface area contributed by atoms with E-state index < -0.39 is 0 Å². The van der Waals surface area contributed by atoms with Gasteiger partial charge in [0.05, 0.1) is 44.9 Å². The molecule has 0 saturated carbocycles. The highest BCUT2D eigenvalue weighted by Crippen LogP contribution is 2.38. The molecule has 0 bridgehead atoms. The van der Waals surface area contributed by atoms with Crippen LogP contribution in [0.15, 0.2) is 64.2 Å². The van der Waals surface area contributed by atoms with Crippen LogP contribution < -0.4 is 24.0 Å². The zero-order valence-corrected chi connectivity index (χ0v) is 21.8. The third-order valence-corrected chi connectivity index (χ3v) is 6.55. The monoisotopic (exact) mass is 555 g/mol. The maximum Gasteiger partial charge on any atom is 0.280 e. The number of carbonyl (C=O) groups is 1. The molecule has 0 fully saturated rings. The number of hydrogen-bond acceptors (Lipinski definition) is 8. The predicted octanol–water partition coefficient (Wildman–Crippen LogP) is 5.77. The third-order valence-electron chi connectivity index (χ3n) is 5.06. The van der Waals surface area contributed by atoms with Gasteiger partial charge in [-0.2, -0.15) is 10.1 Å². The summed E-state index contributed by atoms with van der Waals surface area (Å²) in [5.74, 6) is 1.74. The summed E-state index contributed by atoms with van der Waals surface area (Å²) in [7, 11) is 6.19. The number of ether oxygens (including phenoxy) is 4. The molecule has 0 N–H and O–H groups in total. The van der Waals surface area contributed by atoms with Gasteiger partial charge in [-0.1, -0.05) is 27.3 Å². The minimum Gasteiger partial charge on any atom is -0.497 e. The standard InChI is InChI=1S/C25H22BrN3O5S/c1-31-18-8-5-16(6-9-18)24(30)29(25-28-19-10-7-17(26)13-22(19)35-25)27-14-15-11-20(32-2)23(34-4)21(12-15)33-3/h5-14H,1-4H3/b27-14+. The number of halogens is 1. The molecular formula is C25H22BrN3O5S. The van der Waals surface area contributed by atoms with Gasteiger partial charge in [0.25, 0.3) is 5.91 Å². The Balaban J connectivity index is 1.77. The van der Waals surface area contributed by atoms with Crippen LogP contribution in [0.25, 0.3) is 10.2 Å². The number of hydrazone groups is 1. The lowest BCUT2D eigenvalue weighted by atomic mass is 10.2. The molecule has 0 aliphatic rings. The fourth-order valence-corrected chi connectivity index (χ4v) is 4.80. The molecule has 1 aromatic heterocycles. The molecule has 4 rings (SSSR count). The molecule has 4 aromatic rings. The first kappa shape index (κ1) is 24.5. The lowest BCUT2D eigenvalue weighted by Gasteiger charge is -2.15. The first-order valence-corrected chi connectivity index (χ1v) is 12.0. The van der Waals surface area contributed by atoms with E-state index in [1.165, 1.54) is 37.7 Å². The van der Waals surface area contributed by atoms with Crippen LogP contribution in [-0.4, -0.2) is 45.5 Å². The van der Waals surface area contributed by atoms with Crippen molar-refractivity contribution in [2.75, 3.05) is 33.4 Å². The van der Waals surface area contributed by atoms with Gasteiger partial charge in [0.15, 0.2) is 11.5 Å². The predicted molar refractivity (Wildman–Crippen MR) is 141 cm³/mol. The number of hydrogen-bond donors (Lipinski definition) is 0. The molecule has 0 saturated heterocycles. The van der Waals surface area contributed by atoms with Crippen molar-refractivity contribution in [1.82, 2.24) is 4.98 Å². The summed E-state index contributed by atoms with van der Waals surface area (Å²) in [5.41, 5.74) is 1.85. The van der Waals surface area contributed by atoms with Crippen molar-refractivity contribution in [1.29, 1.82) is 0 Å². The number of rotatable bonds is 8. The van der Waals surface area contributed by atoms with Gasteiger partial charge in [-0.3, -0.25) is 4.79 Å². The SMILES string of the molecule is COc1ccc(C(=O)N(/N=C/c2cc(OC)c(OC)c(OC)c2)c2nc3ccc(Br)cc3s2)cc1. The number of carbonyl (C=O) groups excluding carboxylic acids is 1. The van der Waals surface area contributed by atoms with Crippen LogP contribution in [0.1, 0.15) is 15.9 Å². The zero-order chi connectivity index (χ0) is 24.9. The molecule has 0 radical (unpaired) electrons. The Kier molecular flexibility index (Phi) is 7.52. The molecule has 10 heteroatoms. The minimum absolute atomic E-state index is 0.338. The van der Waals surface area contributed by atoms with E-state index >= 15 is 0 Å². The number of amides is 1. The van der Waals surface area contributed by atoms with Crippen molar-refractivity contribution in [3.8, 4) is 23.0 Å². The first-order chi connectivity index (χ1) is 17.0. The molecule has 180 valence electrons. The highest BCUT2D eigenvalue weighted by molar-refractivity contribution is 9.10. The van der Waals surface area contributed by atoms with Crippen molar-refractivity contribution in [3.05, 3.63) is 70.2 Å². The summed E-state index contributed by atoms with van der Waals surface area (Å²) in [6.45, 7) is 0. The molecule has 0 unspecified atom stereocenters. The first-order valence-electron chi connectivity index (χ1n) is 10.4. The smallest absolute Gasteiger partial charge is 0.280 e. The molecule has 8 nitrogen and oxygen atoms in total. The highest BCUT2D eigenvalue weighted by Gasteiger charge is 2.22. The van der Waals surface area contributed by atoms with Gasteiger partial charge in [-0.05, 0) is 54.6 Å². The van der Waals surface area contributed by atoms with E-state index in [9.17, 15) is 4.79 Å². The van der Waals surface area contributed by atoms with E-state index in [0.717, 1.165) is 14.7 Å². The van der Waals surface area contributed by atoms with Crippen LogP contribution in [-0.2, 0) is 0 Å². The second-order valence-electron chi connectivity index (χ2n) is 7.16. The quantitative estimate of drug-likeness (QED) is 0.202. The Bertz CT molecular complexity index is 1360. The number of thiazole rings is 1. The second-order valence-corrected chi connectivity index (χ2v) is 9.08. The Labute approximate surface area is 214 Å². The van der Waals surface area contributed by atoms with Crippen molar-refractivity contribution in [2.45, 2.75) is 0 Å². The highest BCUT2D eigenvalue weighted by atomic mass is 79.9. The van der Waals surface area contributed by atoms with E-state index in [4.69, 9.17) is 18.9 Å². The summed E-state index contributed by atoms with van der Waals surface area (Å²) in [6.07, 6.45) is 1.55. The van der Waals surface area contributed by atoms with Gasteiger partial charge in [0.1, 0.15) is 5.75 Å². The van der Waals surface area contributed by atoms with Gasteiger partial charge in [-0.15, -0.1) is 0 Å². The van der Waals surface area contributed by atoms with Crippen LogP contribution in [0.4, 0.5) is 5.13 Å². The molecule has 1 amide bonds. The maximum atomic E-state index is 13.5. The Hall–Kier alpha value is -3.63.